The molecule has 0 aliphatic carbocycles. The number of rotatable bonds is 2. The van der Waals surface area contributed by atoms with Gasteiger partial charge < -0.3 is 4.74 Å². The topological polar surface area (TPSA) is 56.5 Å². The lowest BCUT2D eigenvalue weighted by Crippen LogP contribution is -2.02. The fourth-order valence-electron chi connectivity index (χ4n) is 1.88. The van der Waals surface area contributed by atoms with E-state index in [1.165, 1.54) is 7.11 Å². The van der Waals surface area contributed by atoms with E-state index in [1.807, 2.05) is 24.3 Å². The maximum atomic E-state index is 11.5. The Bertz CT molecular complexity index is 798. The molecular weight excluding hydrogens is 322 g/mol. The SMILES string of the molecule is COC(=O)c1ccn2nc(-c3cccc(Br)c3)nc2c1. The fourth-order valence-corrected chi connectivity index (χ4v) is 2.28. The molecule has 0 unspecified atom stereocenters. The summed E-state index contributed by atoms with van der Waals surface area (Å²) in [5.41, 5.74) is 1.96. The van der Waals surface area contributed by atoms with Gasteiger partial charge >= 0.3 is 5.97 Å². The van der Waals surface area contributed by atoms with Crippen molar-refractivity contribution in [3.05, 3.63) is 52.6 Å². The first-order valence-electron chi connectivity index (χ1n) is 5.88. The van der Waals surface area contributed by atoms with E-state index in [0.29, 0.717) is 17.0 Å². The number of hydrogen-bond acceptors (Lipinski definition) is 4. The van der Waals surface area contributed by atoms with Crippen molar-refractivity contribution in [2.45, 2.75) is 0 Å². The predicted molar refractivity (Wildman–Crippen MR) is 77.5 cm³/mol. The summed E-state index contributed by atoms with van der Waals surface area (Å²) >= 11 is 3.42. The van der Waals surface area contributed by atoms with Gasteiger partial charge in [-0.05, 0) is 24.3 Å². The molecule has 0 radical (unpaired) electrons. The van der Waals surface area contributed by atoms with Crippen LogP contribution in [0.2, 0.25) is 0 Å². The quantitative estimate of drug-likeness (QED) is 0.677. The van der Waals surface area contributed by atoms with E-state index >= 15 is 0 Å². The van der Waals surface area contributed by atoms with Gasteiger partial charge in [-0.2, -0.15) is 0 Å². The Morgan fingerprint density at radius 1 is 1.30 bits per heavy atom. The molecule has 20 heavy (non-hydrogen) atoms. The lowest BCUT2D eigenvalue weighted by Gasteiger charge is -1.97. The molecule has 1 aromatic carbocycles. The second-order valence-electron chi connectivity index (χ2n) is 4.16. The van der Waals surface area contributed by atoms with Crippen LogP contribution in [0.15, 0.2) is 47.1 Å². The molecule has 3 rings (SSSR count). The van der Waals surface area contributed by atoms with Crippen LogP contribution in [0, 0.1) is 0 Å². The molecule has 0 aliphatic rings. The van der Waals surface area contributed by atoms with Crippen LogP contribution in [-0.4, -0.2) is 27.7 Å². The third-order valence-electron chi connectivity index (χ3n) is 2.84. The van der Waals surface area contributed by atoms with Gasteiger partial charge in [0.1, 0.15) is 0 Å². The third-order valence-corrected chi connectivity index (χ3v) is 3.33. The molecule has 0 saturated heterocycles. The Morgan fingerprint density at radius 2 is 2.15 bits per heavy atom. The number of carbonyl (C=O) groups is 1. The Labute approximate surface area is 123 Å². The number of aromatic nitrogens is 3. The summed E-state index contributed by atoms with van der Waals surface area (Å²) in [4.78, 5) is 15.9. The standard InChI is InChI=1S/C14H10BrN3O2/c1-20-14(19)10-5-6-18-12(8-10)16-13(17-18)9-3-2-4-11(15)7-9/h2-8H,1H3. The van der Waals surface area contributed by atoms with Gasteiger partial charge in [0.2, 0.25) is 0 Å². The van der Waals surface area contributed by atoms with Crippen molar-refractivity contribution in [2.75, 3.05) is 7.11 Å². The minimum atomic E-state index is -0.389. The van der Waals surface area contributed by atoms with Crippen molar-refractivity contribution in [2.24, 2.45) is 0 Å². The van der Waals surface area contributed by atoms with Crippen LogP contribution in [0.3, 0.4) is 0 Å². The van der Waals surface area contributed by atoms with Crippen LogP contribution in [0.25, 0.3) is 17.0 Å². The van der Waals surface area contributed by atoms with Gasteiger partial charge in [-0.3, -0.25) is 0 Å². The Kier molecular flexibility index (Phi) is 3.23. The summed E-state index contributed by atoms with van der Waals surface area (Å²) in [6.45, 7) is 0. The summed E-state index contributed by atoms with van der Waals surface area (Å²) in [6.07, 6.45) is 1.69. The second-order valence-corrected chi connectivity index (χ2v) is 5.07. The van der Waals surface area contributed by atoms with Gasteiger partial charge in [-0.25, -0.2) is 14.3 Å². The minimum absolute atomic E-state index is 0.389. The molecule has 2 heterocycles. The van der Waals surface area contributed by atoms with Gasteiger partial charge in [-0.1, -0.05) is 28.1 Å². The van der Waals surface area contributed by atoms with E-state index in [1.54, 1.807) is 22.8 Å². The van der Waals surface area contributed by atoms with Gasteiger partial charge in [0.25, 0.3) is 0 Å². The third kappa shape index (κ3) is 2.30. The zero-order valence-corrected chi connectivity index (χ0v) is 12.2. The van der Waals surface area contributed by atoms with Gasteiger partial charge in [0, 0.05) is 16.2 Å². The highest BCUT2D eigenvalue weighted by Crippen LogP contribution is 2.20. The van der Waals surface area contributed by atoms with E-state index in [-0.39, 0.29) is 5.97 Å². The molecule has 0 N–H and O–H groups in total. The fraction of sp³-hybridized carbons (Fsp3) is 0.0714. The van der Waals surface area contributed by atoms with E-state index in [4.69, 9.17) is 0 Å². The molecule has 0 atom stereocenters. The van der Waals surface area contributed by atoms with Crippen LogP contribution < -0.4 is 0 Å². The van der Waals surface area contributed by atoms with Crippen molar-refractivity contribution in [3.63, 3.8) is 0 Å². The molecule has 3 aromatic rings. The molecule has 6 heteroatoms. The predicted octanol–water partition coefficient (Wildman–Crippen LogP) is 2.95. The number of fused-ring (bicyclic) bond motifs is 1. The number of nitrogens with zero attached hydrogens (tertiary/aromatic N) is 3. The minimum Gasteiger partial charge on any atom is -0.465 e. The van der Waals surface area contributed by atoms with Crippen molar-refractivity contribution in [3.8, 4) is 11.4 Å². The first-order chi connectivity index (χ1) is 9.67. The van der Waals surface area contributed by atoms with Gasteiger partial charge in [0.15, 0.2) is 11.5 Å². The Morgan fingerprint density at radius 3 is 2.90 bits per heavy atom. The van der Waals surface area contributed by atoms with E-state index < -0.39 is 0 Å². The number of halogens is 1. The normalized spacial score (nSPS) is 10.7. The van der Waals surface area contributed by atoms with E-state index in [2.05, 4.69) is 30.7 Å². The van der Waals surface area contributed by atoms with Gasteiger partial charge in [0.05, 0.1) is 12.7 Å². The van der Waals surface area contributed by atoms with Crippen molar-refractivity contribution in [1.29, 1.82) is 0 Å². The summed E-state index contributed by atoms with van der Waals surface area (Å²) < 4.78 is 7.28. The molecule has 0 bridgehead atoms. The van der Waals surface area contributed by atoms with Crippen LogP contribution in [0.5, 0.6) is 0 Å². The molecule has 5 nitrogen and oxygen atoms in total. The average Bonchev–Trinajstić information content (AvgIpc) is 2.89. The number of pyridine rings is 1. The molecular formula is C14H10BrN3O2. The molecule has 2 aromatic heterocycles. The van der Waals surface area contributed by atoms with E-state index in [9.17, 15) is 4.79 Å². The first kappa shape index (κ1) is 12.8. The lowest BCUT2D eigenvalue weighted by atomic mass is 10.2. The van der Waals surface area contributed by atoms with Crippen molar-refractivity contribution >= 4 is 27.5 Å². The Balaban J connectivity index is 2.09. The largest absolute Gasteiger partial charge is 0.465 e. The zero-order valence-electron chi connectivity index (χ0n) is 10.6. The molecule has 0 spiro atoms. The Hall–Kier alpha value is -2.21. The zero-order chi connectivity index (χ0) is 14.1. The molecule has 0 aliphatic heterocycles. The number of methoxy groups -OCH3 is 1. The summed E-state index contributed by atoms with van der Waals surface area (Å²) in [6, 6.07) is 11.0. The van der Waals surface area contributed by atoms with Crippen LogP contribution in [-0.2, 0) is 4.74 Å². The van der Waals surface area contributed by atoms with Crippen molar-refractivity contribution < 1.29 is 9.53 Å². The first-order valence-corrected chi connectivity index (χ1v) is 6.67. The van der Waals surface area contributed by atoms with Gasteiger partial charge in [-0.15, -0.1) is 5.10 Å². The maximum absolute atomic E-state index is 11.5. The van der Waals surface area contributed by atoms with Crippen molar-refractivity contribution in [1.82, 2.24) is 14.6 Å². The summed E-state index contributed by atoms with van der Waals surface area (Å²) in [5.74, 6) is 0.216. The highest BCUT2D eigenvalue weighted by atomic mass is 79.9. The monoisotopic (exact) mass is 331 g/mol. The maximum Gasteiger partial charge on any atom is 0.338 e. The highest BCUT2D eigenvalue weighted by molar-refractivity contribution is 9.10. The highest BCUT2D eigenvalue weighted by Gasteiger charge is 2.10. The van der Waals surface area contributed by atoms with E-state index in [0.717, 1.165) is 10.0 Å². The summed E-state index contributed by atoms with van der Waals surface area (Å²) in [7, 11) is 1.35. The average molecular weight is 332 g/mol. The second kappa shape index (κ2) is 5.05. The number of benzene rings is 1. The smallest absolute Gasteiger partial charge is 0.338 e. The molecule has 0 amide bonds. The van der Waals surface area contributed by atoms with Crippen LogP contribution in [0.4, 0.5) is 0 Å². The number of carbonyl (C=O) groups excluding carboxylic acids is 1. The number of esters is 1. The van der Waals surface area contributed by atoms with Crippen LogP contribution >= 0.6 is 15.9 Å². The molecule has 0 fully saturated rings. The summed E-state index contributed by atoms with van der Waals surface area (Å²) in [5, 5.41) is 4.38. The molecule has 0 saturated carbocycles. The van der Waals surface area contributed by atoms with Crippen LogP contribution in [0.1, 0.15) is 10.4 Å². The lowest BCUT2D eigenvalue weighted by molar-refractivity contribution is 0.0600. The number of hydrogen-bond donors (Lipinski definition) is 0. The molecule has 100 valence electrons. The number of ether oxygens (including phenoxy) is 1.